The van der Waals surface area contributed by atoms with Gasteiger partial charge in [0.25, 0.3) is 5.91 Å². The second-order valence-electron chi connectivity index (χ2n) is 6.03. The fraction of sp³-hybridized carbons (Fsp3) is 0.200. The predicted molar refractivity (Wildman–Crippen MR) is 95.1 cm³/mol. The van der Waals surface area contributed by atoms with Gasteiger partial charge in [0, 0.05) is 23.6 Å². The zero-order valence-electron chi connectivity index (χ0n) is 13.9. The molecule has 0 fully saturated rings. The van der Waals surface area contributed by atoms with Crippen molar-refractivity contribution in [2.24, 2.45) is 0 Å². The molecular formula is C20H21N3O. The molecule has 0 saturated heterocycles. The second-order valence-corrected chi connectivity index (χ2v) is 6.03. The molecule has 122 valence electrons. The normalized spacial score (nSPS) is 13.2. The van der Waals surface area contributed by atoms with Crippen molar-refractivity contribution in [2.75, 3.05) is 0 Å². The van der Waals surface area contributed by atoms with Crippen molar-refractivity contribution >= 4 is 5.91 Å². The summed E-state index contributed by atoms with van der Waals surface area (Å²) >= 11 is 0. The molecule has 0 aliphatic heterocycles. The van der Waals surface area contributed by atoms with Crippen molar-refractivity contribution in [3.05, 3.63) is 84.4 Å². The molecule has 3 rings (SSSR count). The minimum absolute atomic E-state index is 0.0785. The first-order chi connectivity index (χ1) is 11.6. The molecule has 1 unspecified atom stereocenters. The molecule has 0 spiro atoms. The Balaban J connectivity index is 1.85. The van der Waals surface area contributed by atoms with E-state index in [1.54, 1.807) is 12.5 Å². The fourth-order valence-electron chi connectivity index (χ4n) is 2.71. The number of hydrogen-bond donors (Lipinski definition) is 1. The summed E-state index contributed by atoms with van der Waals surface area (Å²) in [6, 6.07) is 17.6. The topological polar surface area (TPSA) is 46.9 Å². The Morgan fingerprint density at radius 3 is 2.62 bits per heavy atom. The largest absolute Gasteiger partial charge is 0.343 e. The van der Waals surface area contributed by atoms with Gasteiger partial charge in [0.2, 0.25) is 0 Å². The minimum atomic E-state index is -0.399. The predicted octanol–water partition coefficient (Wildman–Crippen LogP) is 3.93. The molecule has 1 amide bonds. The van der Waals surface area contributed by atoms with E-state index in [9.17, 15) is 4.79 Å². The number of imidazole rings is 1. The number of carbonyl (C=O) groups excluding carboxylic acids is 1. The van der Waals surface area contributed by atoms with Crippen molar-refractivity contribution < 1.29 is 4.79 Å². The summed E-state index contributed by atoms with van der Waals surface area (Å²) in [5, 5.41) is 3.18. The van der Waals surface area contributed by atoms with Gasteiger partial charge in [-0.3, -0.25) is 4.79 Å². The van der Waals surface area contributed by atoms with Crippen molar-refractivity contribution in [2.45, 2.75) is 25.8 Å². The van der Waals surface area contributed by atoms with Crippen molar-refractivity contribution in [1.29, 1.82) is 0 Å². The van der Waals surface area contributed by atoms with Gasteiger partial charge in [-0.1, -0.05) is 43.3 Å². The van der Waals surface area contributed by atoms with Crippen LogP contribution in [0.15, 0.2) is 73.3 Å². The summed E-state index contributed by atoms with van der Waals surface area (Å²) in [6.07, 6.45) is 6.11. The van der Waals surface area contributed by atoms with Crippen LogP contribution in [-0.4, -0.2) is 15.5 Å². The first-order valence-electron chi connectivity index (χ1n) is 8.09. The van der Waals surface area contributed by atoms with E-state index in [1.165, 1.54) is 0 Å². The summed E-state index contributed by atoms with van der Waals surface area (Å²) in [5.74, 6) is -0.0785. The molecule has 1 aromatic heterocycles. The summed E-state index contributed by atoms with van der Waals surface area (Å²) in [7, 11) is 0. The zero-order chi connectivity index (χ0) is 17.0. The van der Waals surface area contributed by atoms with Gasteiger partial charge in [0.15, 0.2) is 0 Å². The van der Waals surface area contributed by atoms with Crippen molar-refractivity contribution in [3.63, 3.8) is 0 Å². The Morgan fingerprint density at radius 1 is 1.17 bits per heavy atom. The van der Waals surface area contributed by atoms with Crippen LogP contribution >= 0.6 is 0 Å². The molecule has 4 nitrogen and oxygen atoms in total. The molecule has 1 heterocycles. The number of nitrogens with zero attached hydrogens (tertiary/aromatic N) is 2. The van der Waals surface area contributed by atoms with Gasteiger partial charge >= 0.3 is 0 Å². The highest BCUT2D eigenvalue weighted by Gasteiger charge is 2.26. The van der Waals surface area contributed by atoms with E-state index in [0.717, 1.165) is 17.7 Å². The van der Waals surface area contributed by atoms with Gasteiger partial charge in [0.1, 0.15) is 0 Å². The smallest absolute Gasteiger partial charge is 0.252 e. The summed E-state index contributed by atoms with van der Waals surface area (Å²) < 4.78 is 1.88. The highest BCUT2D eigenvalue weighted by atomic mass is 16.1. The zero-order valence-corrected chi connectivity index (χ0v) is 13.9. The molecule has 0 radical (unpaired) electrons. The van der Waals surface area contributed by atoms with Crippen LogP contribution in [0, 0.1) is 0 Å². The lowest BCUT2D eigenvalue weighted by molar-refractivity contribution is 0.0902. The van der Waals surface area contributed by atoms with Gasteiger partial charge in [0.05, 0.1) is 11.9 Å². The van der Waals surface area contributed by atoms with Gasteiger partial charge in [-0.25, -0.2) is 4.98 Å². The molecule has 0 saturated carbocycles. The average molecular weight is 319 g/mol. The maximum absolute atomic E-state index is 12.8. The van der Waals surface area contributed by atoms with E-state index in [-0.39, 0.29) is 5.91 Å². The molecular weight excluding hydrogens is 298 g/mol. The number of hydrogen-bond acceptors (Lipinski definition) is 2. The number of benzene rings is 2. The highest BCUT2D eigenvalue weighted by molar-refractivity contribution is 5.95. The monoisotopic (exact) mass is 319 g/mol. The van der Waals surface area contributed by atoms with Crippen LogP contribution in [-0.2, 0) is 5.54 Å². The Labute approximate surface area is 142 Å². The number of amides is 1. The van der Waals surface area contributed by atoms with E-state index in [2.05, 4.69) is 24.1 Å². The summed E-state index contributed by atoms with van der Waals surface area (Å²) in [6.45, 7) is 4.13. The van der Waals surface area contributed by atoms with E-state index >= 15 is 0 Å². The molecule has 4 heteroatoms. The van der Waals surface area contributed by atoms with Crippen LogP contribution in [0.1, 0.15) is 36.2 Å². The Hall–Kier alpha value is -2.88. The molecule has 0 aliphatic rings. The van der Waals surface area contributed by atoms with Gasteiger partial charge in [-0.2, -0.15) is 0 Å². The number of nitrogens with one attached hydrogen (secondary N) is 1. The third-order valence-electron chi connectivity index (χ3n) is 4.42. The first kappa shape index (κ1) is 16.0. The van der Waals surface area contributed by atoms with Crippen LogP contribution < -0.4 is 5.32 Å². The highest BCUT2D eigenvalue weighted by Crippen LogP contribution is 2.25. The summed E-state index contributed by atoms with van der Waals surface area (Å²) in [5.41, 5.74) is 2.25. The van der Waals surface area contributed by atoms with E-state index in [1.807, 2.05) is 65.4 Å². The Bertz CT molecular complexity index is 812. The summed E-state index contributed by atoms with van der Waals surface area (Å²) in [4.78, 5) is 16.8. The quantitative estimate of drug-likeness (QED) is 0.774. The average Bonchev–Trinajstić information content (AvgIpc) is 3.17. The molecule has 24 heavy (non-hydrogen) atoms. The van der Waals surface area contributed by atoms with Crippen molar-refractivity contribution in [3.8, 4) is 5.69 Å². The van der Waals surface area contributed by atoms with Gasteiger partial charge < -0.3 is 9.88 Å². The number of carbonyl (C=O) groups is 1. The van der Waals surface area contributed by atoms with E-state index < -0.39 is 5.54 Å². The van der Waals surface area contributed by atoms with Crippen LogP contribution in [0.25, 0.3) is 5.69 Å². The standard InChI is InChI=1S/C20H21N3O/c1-3-20(2,17-9-5-4-6-10-17)22-19(24)16-8-7-11-18(14-16)23-13-12-21-15-23/h4-15H,3H2,1-2H3,(H,22,24). The van der Waals surface area contributed by atoms with E-state index in [4.69, 9.17) is 0 Å². The lowest BCUT2D eigenvalue weighted by atomic mass is 9.89. The lowest BCUT2D eigenvalue weighted by Crippen LogP contribution is -2.43. The SMILES string of the molecule is CCC(C)(NC(=O)c1cccc(-n2ccnc2)c1)c1ccccc1. The van der Waals surface area contributed by atoms with Gasteiger partial charge in [-0.05, 0) is 37.1 Å². The number of aromatic nitrogens is 2. The molecule has 1 N–H and O–H groups in total. The maximum atomic E-state index is 12.8. The molecule has 2 aromatic carbocycles. The number of rotatable bonds is 5. The first-order valence-corrected chi connectivity index (χ1v) is 8.09. The third-order valence-corrected chi connectivity index (χ3v) is 4.42. The van der Waals surface area contributed by atoms with E-state index in [0.29, 0.717) is 5.56 Å². The van der Waals surface area contributed by atoms with Crippen LogP contribution in [0.2, 0.25) is 0 Å². The van der Waals surface area contributed by atoms with Gasteiger partial charge in [-0.15, -0.1) is 0 Å². The lowest BCUT2D eigenvalue weighted by Gasteiger charge is -2.30. The van der Waals surface area contributed by atoms with Crippen LogP contribution in [0.3, 0.4) is 0 Å². The van der Waals surface area contributed by atoms with Crippen LogP contribution in [0.5, 0.6) is 0 Å². The fourth-order valence-corrected chi connectivity index (χ4v) is 2.71. The van der Waals surface area contributed by atoms with Crippen molar-refractivity contribution in [1.82, 2.24) is 14.9 Å². The molecule has 0 aliphatic carbocycles. The molecule has 1 atom stereocenters. The third kappa shape index (κ3) is 3.23. The Kier molecular flexibility index (Phi) is 4.47. The minimum Gasteiger partial charge on any atom is -0.343 e. The maximum Gasteiger partial charge on any atom is 0.252 e. The van der Waals surface area contributed by atoms with Crippen LogP contribution in [0.4, 0.5) is 0 Å². The molecule has 3 aromatic rings. The Morgan fingerprint density at radius 2 is 1.96 bits per heavy atom. The molecule has 0 bridgehead atoms. The second kappa shape index (κ2) is 6.71.